The van der Waals surface area contributed by atoms with Gasteiger partial charge in [-0.3, -0.25) is 0 Å². The van der Waals surface area contributed by atoms with Gasteiger partial charge in [0, 0.05) is 5.92 Å². The topological polar surface area (TPSA) is 56.7 Å². The van der Waals surface area contributed by atoms with Gasteiger partial charge in [0.25, 0.3) is 0 Å². The van der Waals surface area contributed by atoms with Crippen LogP contribution in [0, 0.1) is 5.82 Å². The van der Waals surface area contributed by atoms with Crippen molar-refractivity contribution in [3.8, 4) is 5.69 Å². The van der Waals surface area contributed by atoms with E-state index in [1.165, 1.54) is 10.7 Å². The molecule has 0 aliphatic heterocycles. The molecule has 0 amide bonds. The smallest absolute Gasteiger partial charge is 0.151 e. The Morgan fingerprint density at radius 2 is 2.00 bits per heavy atom. The van der Waals surface area contributed by atoms with Gasteiger partial charge in [0.15, 0.2) is 5.82 Å². The molecular formula is C11H13FN4. The van der Waals surface area contributed by atoms with Gasteiger partial charge in [-0.15, -0.1) is 5.10 Å². The lowest BCUT2D eigenvalue weighted by atomic mass is 10.1. The molecule has 0 fully saturated rings. The Morgan fingerprint density at radius 3 is 2.56 bits per heavy atom. The molecule has 2 aromatic rings. The number of nitrogen functional groups attached to an aromatic ring is 1. The third kappa shape index (κ3) is 1.64. The standard InChI is InChI=1S/C11H13FN4/c1-7(2)10-11(13)16(15-14-10)9-6-4-3-5-8(9)12/h3-7H,13H2,1-2H3. The van der Waals surface area contributed by atoms with E-state index < -0.39 is 0 Å². The third-order valence-electron chi connectivity index (χ3n) is 2.36. The number of para-hydroxylation sites is 1. The average Bonchev–Trinajstić information content (AvgIpc) is 2.61. The van der Waals surface area contributed by atoms with Gasteiger partial charge < -0.3 is 5.73 Å². The number of anilines is 1. The van der Waals surface area contributed by atoms with Crippen molar-refractivity contribution < 1.29 is 4.39 Å². The fourth-order valence-corrected chi connectivity index (χ4v) is 1.51. The van der Waals surface area contributed by atoms with E-state index in [9.17, 15) is 4.39 Å². The highest BCUT2D eigenvalue weighted by molar-refractivity contribution is 5.45. The summed E-state index contributed by atoms with van der Waals surface area (Å²) in [6, 6.07) is 6.33. The predicted molar refractivity (Wildman–Crippen MR) is 59.8 cm³/mol. The highest BCUT2D eigenvalue weighted by Crippen LogP contribution is 2.22. The Balaban J connectivity index is 2.54. The number of rotatable bonds is 2. The SMILES string of the molecule is CC(C)c1nnn(-c2ccccc2F)c1N. The van der Waals surface area contributed by atoms with Crippen LogP contribution in [0.5, 0.6) is 0 Å². The summed E-state index contributed by atoms with van der Waals surface area (Å²) in [6.45, 7) is 3.93. The van der Waals surface area contributed by atoms with Gasteiger partial charge >= 0.3 is 0 Å². The first-order valence-electron chi connectivity index (χ1n) is 5.07. The lowest BCUT2D eigenvalue weighted by Crippen LogP contribution is -2.05. The Hall–Kier alpha value is -1.91. The van der Waals surface area contributed by atoms with E-state index >= 15 is 0 Å². The van der Waals surface area contributed by atoms with Crippen LogP contribution >= 0.6 is 0 Å². The molecule has 16 heavy (non-hydrogen) atoms. The number of halogens is 1. The molecule has 0 spiro atoms. The summed E-state index contributed by atoms with van der Waals surface area (Å²) in [5.41, 5.74) is 6.88. The maximum atomic E-state index is 13.5. The second-order valence-electron chi connectivity index (χ2n) is 3.88. The number of benzene rings is 1. The summed E-state index contributed by atoms with van der Waals surface area (Å²) in [4.78, 5) is 0. The molecule has 0 radical (unpaired) electrons. The van der Waals surface area contributed by atoms with Crippen molar-refractivity contribution in [2.75, 3.05) is 5.73 Å². The van der Waals surface area contributed by atoms with Crippen LogP contribution in [-0.2, 0) is 0 Å². The monoisotopic (exact) mass is 220 g/mol. The summed E-state index contributed by atoms with van der Waals surface area (Å²) < 4.78 is 14.8. The Bertz CT molecular complexity index is 504. The molecule has 0 bridgehead atoms. The molecule has 0 aliphatic carbocycles. The van der Waals surface area contributed by atoms with Crippen molar-refractivity contribution in [1.82, 2.24) is 15.0 Å². The van der Waals surface area contributed by atoms with E-state index in [1.807, 2.05) is 13.8 Å². The maximum absolute atomic E-state index is 13.5. The molecule has 0 unspecified atom stereocenters. The van der Waals surface area contributed by atoms with Crippen LogP contribution in [0.25, 0.3) is 5.69 Å². The van der Waals surface area contributed by atoms with Crippen molar-refractivity contribution in [1.29, 1.82) is 0 Å². The number of nitrogens with zero attached hydrogens (tertiary/aromatic N) is 3. The third-order valence-corrected chi connectivity index (χ3v) is 2.36. The first-order chi connectivity index (χ1) is 7.61. The van der Waals surface area contributed by atoms with Gasteiger partial charge in [-0.05, 0) is 12.1 Å². The largest absolute Gasteiger partial charge is 0.382 e. The first kappa shape index (κ1) is 10.6. The second kappa shape index (κ2) is 3.92. The summed E-state index contributed by atoms with van der Waals surface area (Å²) in [5.74, 6) is 0.190. The van der Waals surface area contributed by atoms with Crippen molar-refractivity contribution in [2.24, 2.45) is 0 Å². The van der Waals surface area contributed by atoms with Crippen LogP contribution in [-0.4, -0.2) is 15.0 Å². The lowest BCUT2D eigenvalue weighted by molar-refractivity contribution is 0.608. The van der Waals surface area contributed by atoms with Crippen LogP contribution in [0.2, 0.25) is 0 Å². The van der Waals surface area contributed by atoms with Crippen molar-refractivity contribution >= 4 is 5.82 Å². The van der Waals surface area contributed by atoms with Crippen molar-refractivity contribution in [3.63, 3.8) is 0 Å². The highest BCUT2D eigenvalue weighted by Gasteiger charge is 2.15. The van der Waals surface area contributed by atoms with E-state index in [4.69, 9.17) is 5.73 Å². The molecule has 84 valence electrons. The van der Waals surface area contributed by atoms with Gasteiger partial charge in [-0.2, -0.15) is 4.68 Å². The van der Waals surface area contributed by atoms with Crippen molar-refractivity contribution in [3.05, 3.63) is 35.8 Å². The zero-order valence-electron chi connectivity index (χ0n) is 9.18. The van der Waals surface area contributed by atoms with E-state index in [2.05, 4.69) is 10.3 Å². The van der Waals surface area contributed by atoms with Gasteiger partial charge in [0.05, 0.1) is 0 Å². The lowest BCUT2D eigenvalue weighted by Gasteiger charge is -2.05. The molecule has 1 heterocycles. The zero-order valence-corrected chi connectivity index (χ0v) is 9.18. The van der Waals surface area contributed by atoms with E-state index in [0.29, 0.717) is 17.2 Å². The fourth-order valence-electron chi connectivity index (χ4n) is 1.51. The molecule has 0 aliphatic rings. The van der Waals surface area contributed by atoms with Gasteiger partial charge in [0.2, 0.25) is 0 Å². The second-order valence-corrected chi connectivity index (χ2v) is 3.88. The molecule has 0 atom stereocenters. The number of hydrogen-bond donors (Lipinski definition) is 1. The molecule has 4 nitrogen and oxygen atoms in total. The maximum Gasteiger partial charge on any atom is 0.151 e. The Kier molecular flexibility index (Phi) is 2.60. The predicted octanol–water partition coefficient (Wildman–Crippen LogP) is 2.11. The van der Waals surface area contributed by atoms with Crippen LogP contribution < -0.4 is 5.73 Å². The van der Waals surface area contributed by atoms with Gasteiger partial charge in [0.1, 0.15) is 17.2 Å². The molecule has 1 aromatic carbocycles. The van der Waals surface area contributed by atoms with Gasteiger partial charge in [-0.25, -0.2) is 4.39 Å². The molecule has 2 N–H and O–H groups in total. The summed E-state index contributed by atoms with van der Waals surface area (Å²) in [6.07, 6.45) is 0. The van der Waals surface area contributed by atoms with E-state index in [1.54, 1.807) is 18.2 Å². The van der Waals surface area contributed by atoms with Crippen LogP contribution in [0.15, 0.2) is 24.3 Å². The molecule has 1 aromatic heterocycles. The summed E-state index contributed by atoms with van der Waals surface area (Å²) in [5, 5.41) is 7.82. The first-order valence-corrected chi connectivity index (χ1v) is 5.07. The van der Waals surface area contributed by atoms with Crippen LogP contribution in [0.1, 0.15) is 25.5 Å². The van der Waals surface area contributed by atoms with Crippen LogP contribution in [0.4, 0.5) is 10.2 Å². The van der Waals surface area contributed by atoms with Crippen molar-refractivity contribution in [2.45, 2.75) is 19.8 Å². The molecular weight excluding hydrogens is 207 g/mol. The summed E-state index contributed by atoms with van der Waals surface area (Å²) >= 11 is 0. The highest BCUT2D eigenvalue weighted by atomic mass is 19.1. The number of hydrogen-bond acceptors (Lipinski definition) is 3. The molecule has 5 heteroatoms. The number of nitrogens with two attached hydrogens (primary N) is 1. The minimum Gasteiger partial charge on any atom is -0.382 e. The molecule has 0 saturated heterocycles. The fraction of sp³-hybridized carbons (Fsp3) is 0.273. The Labute approximate surface area is 92.9 Å². The molecule has 2 rings (SSSR count). The minimum absolute atomic E-state index is 0.167. The van der Waals surface area contributed by atoms with E-state index in [0.717, 1.165) is 0 Å². The van der Waals surface area contributed by atoms with Crippen LogP contribution in [0.3, 0.4) is 0 Å². The quantitative estimate of drug-likeness (QED) is 0.843. The minimum atomic E-state index is -0.366. The normalized spacial score (nSPS) is 11.0. The number of aromatic nitrogens is 3. The average molecular weight is 220 g/mol. The summed E-state index contributed by atoms with van der Waals surface area (Å²) in [7, 11) is 0. The zero-order chi connectivity index (χ0) is 11.7. The Morgan fingerprint density at radius 1 is 1.31 bits per heavy atom. The molecule has 0 saturated carbocycles. The van der Waals surface area contributed by atoms with Gasteiger partial charge in [-0.1, -0.05) is 31.2 Å². The van der Waals surface area contributed by atoms with E-state index in [-0.39, 0.29) is 11.7 Å².